The number of alkyl halides is 3. The van der Waals surface area contributed by atoms with Gasteiger partial charge in [0.2, 0.25) is 0 Å². The molecular weight excluding hydrogens is 447 g/mol. The fourth-order valence-corrected chi connectivity index (χ4v) is 3.72. The number of aromatic nitrogens is 2. The number of nitrogens with zero attached hydrogens (tertiary/aromatic N) is 2. The summed E-state index contributed by atoms with van der Waals surface area (Å²) in [5.74, 6) is 0.264. The molecule has 0 unspecified atom stereocenters. The molecule has 11 heteroatoms. The van der Waals surface area contributed by atoms with E-state index in [2.05, 4.69) is 10.3 Å². The highest BCUT2D eigenvalue weighted by Gasteiger charge is 2.64. The Kier molecular flexibility index (Phi) is 5.38. The molecule has 1 aliphatic rings. The predicted octanol–water partition coefficient (Wildman–Crippen LogP) is 4.28. The zero-order valence-electron chi connectivity index (χ0n) is 16.8. The third-order valence-electron chi connectivity index (χ3n) is 5.29. The summed E-state index contributed by atoms with van der Waals surface area (Å²) in [5, 5.41) is 4.82. The van der Waals surface area contributed by atoms with Crippen LogP contribution in [0.2, 0.25) is 5.02 Å². The molecule has 3 aromatic rings. The van der Waals surface area contributed by atoms with Crippen LogP contribution in [0.3, 0.4) is 0 Å². The highest BCUT2D eigenvalue weighted by atomic mass is 35.5. The van der Waals surface area contributed by atoms with Crippen molar-refractivity contribution in [3.63, 3.8) is 0 Å². The molecular formula is C21H19ClF3N5O2. The lowest BCUT2D eigenvalue weighted by atomic mass is 10.2. The summed E-state index contributed by atoms with van der Waals surface area (Å²) in [6, 6.07) is 9.37. The van der Waals surface area contributed by atoms with Crippen molar-refractivity contribution in [2.45, 2.75) is 37.5 Å². The topological polar surface area (TPSA) is 102 Å². The fraction of sp³-hybridized carbons (Fsp3) is 0.286. The van der Waals surface area contributed by atoms with Crippen LogP contribution in [0.5, 0.6) is 0 Å². The van der Waals surface area contributed by atoms with Crippen molar-refractivity contribution in [2.75, 3.05) is 5.32 Å². The molecule has 0 aliphatic heterocycles. The summed E-state index contributed by atoms with van der Waals surface area (Å²) in [5.41, 5.74) is 4.31. The van der Waals surface area contributed by atoms with Crippen LogP contribution in [0.4, 0.5) is 23.7 Å². The molecule has 32 heavy (non-hydrogen) atoms. The zero-order chi connectivity index (χ0) is 23.3. The van der Waals surface area contributed by atoms with Gasteiger partial charge in [0.15, 0.2) is 0 Å². The normalized spacial score (nSPS) is 15.9. The number of amides is 2. The van der Waals surface area contributed by atoms with Crippen molar-refractivity contribution in [2.24, 2.45) is 5.73 Å². The number of carbonyl (C=O) groups is 1. The van der Waals surface area contributed by atoms with Gasteiger partial charge in [0.1, 0.15) is 11.4 Å². The van der Waals surface area contributed by atoms with Gasteiger partial charge >= 0.3 is 12.2 Å². The number of urea groups is 1. The Bertz CT molecular complexity index is 1270. The summed E-state index contributed by atoms with van der Waals surface area (Å²) >= 11 is 6.22. The van der Waals surface area contributed by atoms with Crippen LogP contribution in [-0.4, -0.2) is 27.3 Å². The Morgan fingerprint density at radius 3 is 2.56 bits per heavy atom. The van der Waals surface area contributed by atoms with Crippen LogP contribution in [0.15, 0.2) is 47.3 Å². The Balaban J connectivity index is 1.71. The van der Waals surface area contributed by atoms with Crippen molar-refractivity contribution in [1.82, 2.24) is 14.9 Å². The van der Waals surface area contributed by atoms with E-state index in [1.165, 1.54) is 16.7 Å². The highest BCUT2D eigenvalue weighted by molar-refractivity contribution is 6.35. The van der Waals surface area contributed by atoms with Crippen molar-refractivity contribution < 1.29 is 18.0 Å². The zero-order valence-corrected chi connectivity index (χ0v) is 17.6. The Morgan fingerprint density at radius 1 is 1.25 bits per heavy atom. The Hall–Kier alpha value is -3.11. The van der Waals surface area contributed by atoms with Crippen molar-refractivity contribution in [3.05, 3.63) is 63.7 Å². The molecule has 4 rings (SSSR count). The number of rotatable bonds is 4. The molecule has 2 amide bonds. The molecule has 1 saturated carbocycles. The molecule has 1 aliphatic carbocycles. The minimum atomic E-state index is -4.53. The summed E-state index contributed by atoms with van der Waals surface area (Å²) in [7, 11) is 0. The maximum atomic E-state index is 13.3. The number of halogens is 4. The first-order chi connectivity index (χ1) is 15.0. The first-order valence-corrected chi connectivity index (χ1v) is 10.1. The average Bonchev–Trinajstić information content (AvgIpc) is 3.48. The molecule has 1 heterocycles. The largest absolute Gasteiger partial charge is 0.411 e. The van der Waals surface area contributed by atoms with Gasteiger partial charge in [-0.25, -0.2) is 9.78 Å². The van der Waals surface area contributed by atoms with E-state index < -0.39 is 29.3 Å². The molecule has 7 nitrogen and oxygen atoms in total. The third kappa shape index (κ3) is 3.91. The number of fused-ring (bicyclic) bond motifs is 1. The van der Waals surface area contributed by atoms with E-state index in [-0.39, 0.29) is 34.8 Å². The second-order valence-electron chi connectivity index (χ2n) is 7.74. The molecule has 0 bridgehead atoms. The number of carbonyl (C=O) groups excluding carboxylic acids is 1. The van der Waals surface area contributed by atoms with E-state index in [1.54, 1.807) is 37.3 Å². The Labute approximate surface area is 185 Å². The summed E-state index contributed by atoms with van der Waals surface area (Å²) < 4.78 is 40.6. The van der Waals surface area contributed by atoms with Crippen LogP contribution < -0.4 is 21.9 Å². The maximum Gasteiger partial charge on any atom is 0.411 e. The van der Waals surface area contributed by atoms with Gasteiger partial charge < -0.3 is 16.4 Å². The van der Waals surface area contributed by atoms with Gasteiger partial charge in [-0.15, -0.1) is 0 Å². The lowest BCUT2D eigenvalue weighted by molar-refractivity contribution is -0.162. The summed E-state index contributed by atoms with van der Waals surface area (Å²) in [6.07, 6.45) is -4.86. The number of anilines is 1. The predicted molar refractivity (Wildman–Crippen MR) is 115 cm³/mol. The number of hydrogen-bond donors (Lipinski definition) is 3. The lowest BCUT2D eigenvalue weighted by Gasteiger charge is -2.21. The fourth-order valence-electron chi connectivity index (χ4n) is 3.47. The van der Waals surface area contributed by atoms with Gasteiger partial charge in [-0.1, -0.05) is 23.7 Å². The summed E-state index contributed by atoms with van der Waals surface area (Å²) in [4.78, 5) is 29.9. The van der Waals surface area contributed by atoms with Crippen molar-refractivity contribution in [1.29, 1.82) is 0 Å². The third-order valence-corrected chi connectivity index (χ3v) is 5.60. The molecule has 0 spiro atoms. The number of nitrogens with two attached hydrogens (primary N) is 1. The monoisotopic (exact) mass is 465 g/mol. The van der Waals surface area contributed by atoms with E-state index >= 15 is 0 Å². The second-order valence-corrected chi connectivity index (χ2v) is 8.15. The van der Waals surface area contributed by atoms with Gasteiger partial charge in [-0.3, -0.25) is 9.36 Å². The van der Waals surface area contributed by atoms with E-state index in [4.69, 9.17) is 17.3 Å². The standard InChI is InChI=1S/C21H19ClF3N5O2/c1-11(26)17-28-15-7-3-6-14(22)16(15)18(31)30(17)13-5-2-4-12(10-13)27-19(32)29-20(8-9-20)21(23,24)25/h2-7,10-11H,8-9,26H2,1H3,(H2,27,29,32)/t11-/m0/s1. The quantitative estimate of drug-likeness (QED) is 0.535. The highest BCUT2D eigenvalue weighted by Crippen LogP contribution is 2.48. The number of hydrogen-bond acceptors (Lipinski definition) is 4. The van der Waals surface area contributed by atoms with Crippen LogP contribution >= 0.6 is 11.6 Å². The molecule has 1 aromatic heterocycles. The van der Waals surface area contributed by atoms with Crippen LogP contribution in [0.25, 0.3) is 16.6 Å². The van der Waals surface area contributed by atoms with Gasteiger partial charge in [-0.2, -0.15) is 13.2 Å². The molecule has 4 N–H and O–H groups in total. The molecule has 2 aromatic carbocycles. The molecule has 168 valence electrons. The first-order valence-electron chi connectivity index (χ1n) is 9.75. The van der Waals surface area contributed by atoms with Crippen molar-refractivity contribution in [3.8, 4) is 5.69 Å². The molecule has 1 fully saturated rings. The second kappa shape index (κ2) is 7.79. The van der Waals surface area contributed by atoms with Crippen LogP contribution in [0.1, 0.15) is 31.6 Å². The van der Waals surface area contributed by atoms with E-state index in [0.717, 1.165) is 0 Å². The smallest absolute Gasteiger partial charge is 0.323 e. The van der Waals surface area contributed by atoms with Crippen LogP contribution in [0, 0.1) is 0 Å². The molecule has 0 saturated heterocycles. The SMILES string of the molecule is C[C@H](N)c1nc2cccc(Cl)c2c(=O)n1-c1cccc(NC(=O)NC2(C(F)(F)F)CC2)c1. The minimum Gasteiger partial charge on any atom is -0.323 e. The maximum absolute atomic E-state index is 13.3. The number of nitrogens with one attached hydrogen (secondary N) is 2. The van der Waals surface area contributed by atoms with Gasteiger partial charge in [0, 0.05) is 5.69 Å². The van der Waals surface area contributed by atoms with Crippen LogP contribution in [-0.2, 0) is 0 Å². The van der Waals surface area contributed by atoms with E-state index in [9.17, 15) is 22.8 Å². The number of benzene rings is 2. The lowest BCUT2D eigenvalue weighted by Crippen LogP contribution is -2.49. The molecule has 1 atom stereocenters. The molecule has 0 radical (unpaired) electrons. The van der Waals surface area contributed by atoms with Gasteiger partial charge in [0.05, 0.1) is 27.7 Å². The van der Waals surface area contributed by atoms with Gasteiger partial charge in [0.25, 0.3) is 5.56 Å². The van der Waals surface area contributed by atoms with E-state index in [1.807, 2.05) is 5.32 Å². The van der Waals surface area contributed by atoms with Gasteiger partial charge in [-0.05, 0) is 50.1 Å². The van der Waals surface area contributed by atoms with E-state index in [0.29, 0.717) is 11.2 Å². The first kappa shape index (κ1) is 22.1. The minimum absolute atomic E-state index is 0.166. The summed E-state index contributed by atoms with van der Waals surface area (Å²) in [6.45, 7) is 1.66. The van der Waals surface area contributed by atoms with Crippen molar-refractivity contribution >= 4 is 34.2 Å². The Morgan fingerprint density at radius 2 is 1.94 bits per heavy atom. The average molecular weight is 466 g/mol.